The number of anilines is 1. The average Bonchev–Trinajstić information content (AvgIpc) is 3.23. The molecule has 4 rings (SSSR count). The van der Waals surface area contributed by atoms with Gasteiger partial charge in [-0.15, -0.1) is 0 Å². The maximum absolute atomic E-state index is 14.5. The summed E-state index contributed by atoms with van der Waals surface area (Å²) in [5.74, 6) is -2.98. The number of nitriles is 1. The molecule has 0 aromatic heterocycles. The molecule has 4 bridgehead atoms. The van der Waals surface area contributed by atoms with E-state index in [9.17, 15) is 24.0 Å². The lowest BCUT2D eigenvalue weighted by molar-refractivity contribution is -0.144. The van der Waals surface area contributed by atoms with Crippen molar-refractivity contribution in [2.24, 2.45) is 23.1 Å². The second kappa shape index (κ2) is 22.9. The van der Waals surface area contributed by atoms with Crippen molar-refractivity contribution in [2.75, 3.05) is 51.8 Å². The summed E-state index contributed by atoms with van der Waals surface area (Å²) in [7, 11) is 1.46. The molecule has 1 unspecified atom stereocenters. The summed E-state index contributed by atoms with van der Waals surface area (Å²) in [6, 6.07) is 14.4. The second-order valence-corrected chi connectivity index (χ2v) is 14.9. The molecular formula is C44H59N9O7. The largest absolute Gasteiger partial charge is 0.492 e. The van der Waals surface area contributed by atoms with E-state index in [0.717, 1.165) is 24.8 Å². The summed E-state index contributed by atoms with van der Waals surface area (Å²) in [6.07, 6.45) is 3.03. The molecule has 0 radical (unpaired) electrons. The Kier molecular flexibility index (Phi) is 17.8. The summed E-state index contributed by atoms with van der Waals surface area (Å²) in [4.78, 5) is 70.7. The lowest BCUT2D eigenvalue weighted by atomic mass is 9.92. The monoisotopic (exact) mass is 825 g/mol. The van der Waals surface area contributed by atoms with Crippen LogP contribution in [0, 0.1) is 24.2 Å². The number of amides is 5. The van der Waals surface area contributed by atoms with Gasteiger partial charge in [-0.05, 0) is 92.2 Å². The third kappa shape index (κ3) is 12.5. The molecule has 5 amide bonds. The summed E-state index contributed by atoms with van der Waals surface area (Å²) >= 11 is 0. The van der Waals surface area contributed by atoms with Crippen LogP contribution in [0.5, 0.6) is 11.5 Å². The van der Waals surface area contributed by atoms with Gasteiger partial charge in [0.15, 0.2) is 0 Å². The number of hydrogen-bond acceptors (Lipinski definition) is 11. The van der Waals surface area contributed by atoms with Gasteiger partial charge in [-0.3, -0.25) is 24.0 Å². The molecule has 16 nitrogen and oxygen atoms in total. The number of nitrogens with one attached hydrogen (secondary N) is 4. The zero-order valence-electron chi connectivity index (χ0n) is 35.0. The Morgan fingerprint density at radius 3 is 2.25 bits per heavy atom. The minimum absolute atomic E-state index is 0.0202. The molecule has 3 aromatic carbocycles. The number of benzene rings is 3. The molecule has 16 heteroatoms. The fraction of sp³-hybridized carbons (Fsp3) is 0.455. The number of nitrogens with two attached hydrogens (primary N) is 3. The number of likely N-dealkylation sites (N-methyl/N-ethyl adjacent to an activating group) is 1. The van der Waals surface area contributed by atoms with Gasteiger partial charge >= 0.3 is 0 Å². The van der Waals surface area contributed by atoms with Crippen LogP contribution in [0.3, 0.4) is 0 Å². The molecule has 322 valence electrons. The molecule has 3 aromatic rings. The van der Waals surface area contributed by atoms with Crippen LogP contribution in [-0.2, 0) is 36.8 Å². The Labute approximate surface area is 351 Å². The van der Waals surface area contributed by atoms with Gasteiger partial charge in [0, 0.05) is 55.7 Å². The molecule has 4 atom stereocenters. The van der Waals surface area contributed by atoms with Crippen molar-refractivity contribution < 1.29 is 33.4 Å². The van der Waals surface area contributed by atoms with E-state index in [1.807, 2.05) is 31.2 Å². The lowest BCUT2D eigenvalue weighted by Crippen LogP contribution is -2.55. The number of carbonyl (C=O) groups is 5. The first kappa shape index (κ1) is 46.7. The lowest BCUT2D eigenvalue weighted by Gasteiger charge is -2.32. The van der Waals surface area contributed by atoms with Crippen molar-refractivity contribution in [1.82, 2.24) is 20.9 Å². The van der Waals surface area contributed by atoms with Gasteiger partial charge in [0.1, 0.15) is 49.4 Å². The highest BCUT2D eigenvalue weighted by Gasteiger charge is 2.36. The van der Waals surface area contributed by atoms with Gasteiger partial charge in [-0.1, -0.05) is 37.6 Å². The molecular weight excluding hydrogens is 767 g/mol. The van der Waals surface area contributed by atoms with Crippen molar-refractivity contribution in [1.29, 1.82) is 5.26 Å². The number of carbonyl (C=O) groups excluding carboxylic acids is 5. The minimum Gasteiger partial charge on any atom is -0.492 e. The Hall–Kier alpha value is -6.02. The minimum atomic E-state index is -1.33. The summed E-state index contributed by atoms with van der Waals surface area (Å²) in [5, 5.41) is 20.0. The first-order valence-corrected chi connectivity index (χ1v) is 20.4. The maximum atomic E-state index is 14.5. The van der Waals surface area contributed by atoms with Gasteiger partial charge in [0.25, 0.3) is 0 Å². The summed E-state index contributed by atoms with van der Waals surface area (Å²) in [6.45, 7) is 6.06. The molecule has 1 heterocycles. The Morgan fingerprint density at radius 2 is 1.62 bits per heavy atom. The van der Waals surface area contributed by atoms with Crippen LogP contribution in [0.15, 0.2) is 54.6 Å². The first-order valence-electron chi connectivity index (χ1n) is 20.4. The van der Waals surface area contributed by atoms with E-state index < -0.39 is 47.7 Å². The third-order valence-electron chi connectivity index (χ3n) is 10.2. The van der Waals surface area contributed by atoms with E-state index in [4.69, 9.17) is 31.9 Å². The highest BCUT2D eigenvalue weighted by atomic mass is 16.5. The molecule has 1 aliphatic rings. The molecule has 0 saturated heterocycles. The van der Waals surface area contributed by atoms with E-state index in [2.05, 4.69) is 28.2 Å². The van der Waals surface area contributed by atoms with E-state index in [-0.39, 0.29) is 64.6 Å². The van der Waals surface area contributed by atoms with Crippen LogP contribution in [-0.4, -0.2) is 93.0 Å². The first-order chi connectivity index (χ1) is 28.8. The van der Waals surface area contributed by atoms with Gasteiger partial charge in [0.2, 0.25) is 29.5 Å². The molecule has 0 aliphatic carbocycles. The van der Waals surface area contributed by atoms with Crippen LogP contribution in [0.1, 0.15) is 67.8 Å². The molecule has 60 heavy (non-hydrogen) atoms. The zero-order valence-corrected chi connectivity index (χ0v) is 35.0. The van der Waals surface area contributed by atoms with Crippen molar-refractivity contribution >= 4 is 35.2 Å². The van der Waals surface area contributed by atoms with E-state index in [0.29, 0.717) is 39.4 Å². The normalized spacial score (nSPS) is 16.9. The molecule has 1 aliphatic heterocycles. The number of aryl methyl sites for hydroxylation is 2. The predicted octanol–water partition coefficient (Wildman–Crippen LogP) is 2.36. The zero-order chi connectivity index (χ0) is 43.8. The van der Waals surface area contributed by atoms with E-state index in [1.165, 1.54) is 24.4 Å². The second-order valence-electron chi connectivity index (χ2n) is 14.9. The molecule has 0 saturated carbocycles. The molecule has 0 fully saturated rings. The quantitative estimate of drug-likeness (QED) is 0.0917. The molecule has 10 N–H and O–H groups in total. The van der Waals surface area contributed by atoms with Crippen LogP contribution in [0.2, 0.25) is 0 Å². The number of unbranched alkanes of at least 4 members (excludes halogenated alkanes) is 1. The third-order valence-corrected chi connectivity index (χ3v) is 10.2. The van der Waals surface area contributed by atoms with Crippen LogP contribution in [0.25, 0.3) is 11.1 Å². The fourth-order valence-corrected chi connectivity index (χ4v) is 7.09. The number of nitrogens with zero attached hydrogens (tertiary/aromatic N) is 2. The Morgan fingerprint density at radius 1 is 0.933 bits per heavy atom. The number of hydrogen-bond donors (Lipinski definition) is 7. The van der Waals surface area contributed by atoms with Crippen LogP contribution < -0.4 is 47.9 Å². The SMILES string of the molecule is CCCCc1ccc(NC(=O)CC(CCN)C(=O)N(C)[C@@H]2C(=O)N[C@@H](C)C(=O)N[C@H](C(=O)NCC#N)Cc3ccc(OCCN)c(c3)-c3cc2ccc3OCCN)c(C)c1. The topological polar surface area (TPSA) is 257 Å². The highest BCUT2D eigenvalue weighted by molar-refractivity contribution is 5.97. The molecule has 0 spiro atoms. The van der Waals surface area contributed by atoms with Crippen molar-refractivity contribution in [3.8, 4) is 28.7 Å². The maximum Gasteiger partial charge on any atom is 0.248 e. The number of ether oxygens (including phenoxy) is 2. The van der Waals surface area contributed by atoms with Crippen LogP contribution >= 0.6 is 0 Å². The van der Waals surface area contributed by atoms with E-state index in [1.54, 1.807) is 36.4 Å². The summed E-state index contributed by atoms with van der Waals surface area (Å²) < 4.78 is 12.2. The smallest absolute Gasteiger partial charge is 0.248 e. The Balaban J connectivity index is 1.80. The number of fused-ring (bicyclic) bond motifs is 5. The average molecular weight is 826 g/mol. The van der Waals surface area contributed by atoms with Gasteiger partial charge in [0.05, 0.1) is 6.07 Å². The van der Waals surface area contributed by atoms with Crippen molar-refractivity contribution in [3.63, 3.8) is 0 Å². The highest BCUT2D eigenvalue weighted by Crippen LogP contribution is 2.40. The van der Waals surface area contributed by atoms with Crippen molar-refractivity contribution in [3.05, 3.63) is 76.9 Å². The number of rotatable bonds is 18. The Bertz CT molecular complexity index is 2030. The van der Waals surface area contributed by atoms with Gasteiger partial charge in [-0.25, -0.2) is 0 Å². The van der Waals surface area contributed by atoms with Crippen molar-refractivity contribution in [2.45, 2.75) is 77.4 Å². The van der Waals surface area contributed by atoms with Gasteiger partial charge in [-0.2, -0.15) is 5.26 Å². The standard InChI is InChI=1S/C44H59N9O7/c1-5-6-7-29-8-11-35(27(2)22-29)51-39(54)26-32(14-15-45)44(58)53(4)40-31-10-13-38(60-21-18-48)34(25-31)33-23-30(9-12-37(33)59-20-17-47)24-36(42(56)49-19-16-46)52-41(55)28(3)50-43(40)57/h8-13,22-23,25,28,32,36,40H,5-7,14-15,17-21,24,26,45,47-48H2,1-4H3,(H,49,56)(H,50,57)(H,51,54)(H,52,55)/t28-,32?,36-,40-/m0/s1. The predicted molar refractivity (Wildman–Crippen MR) is 229 cm³/mol. The summed E-state index contributed by atoms with van der Waals surface area (Å²) in [5.41, 5.74) is 22.3. The van der Waals surface area contributed by atoms with Crippen LogP contribution in [0.4, 0.5) is 5.69 Å². The fourth-order valence-electron chi connectivity index (χ4n) is 7.09. The van der Waals surface area contributed by atoms with E-state index >= 15 is 0 Å². The van der Waals surface area contributed by atoms with Gasteiger partial charge < -0.3 is 52.8 Å².